The van der Waals surface area contributed by atoms with E-state index in [9.17, 15) is 5.26 Å². The Labute approximate surface area is 99.8 Å². The normalized spacial score (nSPS) is 21.3. The van der Waals surface area contributed by atoms with Crippen LogP contribution in [0, 0.1) is 11.3 Å². The molecule has 1 unspecified atom stereocenters. The Kier molecular flexibility index (Phi) is 5.79. The van der Waals surface area contributed by atoms with Crippen molar-refractivity contribution in [3.63, 3.8) is 0 Å². The number of piperazine rings is 1. The first-order valence-corrected chi connectivity index (χ1v) is 6.60. The Hall–Kier alpha value is -0.590. The molecule has 0 bridgehead atoms. The van der Waals surface area contributed by atoms with Gasteiger partial charge in [0.25, 0.3) is 0 Å². The molecule has 0 aromatic carbocycles. The molecule has 0 aromatic rings. The molecule has 0 spiro atoms. The molecule has 3 nitrogen and oxygen atoms in total. The molecule has 92 valence electrons. The number of unbranched alkanes of at least 4 members (excludes halogenated alkanes) is 3. The third-order valence-electron chi connectivity index (χ3n) is 3.57. The summed E-state index contributed by atoms with van der Waals surface area (Å²) in [6, 6.07) is 2.52. The van der Waals surface area contributed by atoms with Gasteiger partial charge in [0.1, 0.15) is 5.54 Å². The molecule has 0 amide bonds. The van der Waals surface area contributed by atoms with Crippen LogP contribution in [0.4, 0.5) is 0 Å². The number of rotatable bonds is 6. The highest BCUT2D eigenvalue weighted by atomic mass is 15.2. The Morgan fingerprint density at radius 1 is 1.25 bits per heavy atom. The number of nitrogens with zero attached hydrogens (tertiary/aromatic N) is 2. The highest BCUT2D eigenvalue weighted by Gasteiger charge is 2.31. The van der Waals surface area contributed by atoms with Crippen LogP contribution in [0.3, 0.4) is 0 Å². The van der Waals surface area contributed by atoms with Gasteiger partial charge in [0.2, 0.25) is 0 Å². The van der Waals surface area contributed by atoms with Crippen LogP contribution in [-0.2, 0) is 0 Å². The Balaban J connectivity index is 2.39. The second kappa shape index (κ2) is 6.88. The third-order valence-corrected chi connectivity index (χ3v) is 3.57. The molecule has 0 radical (unpaired) electrons. The van der Waals surface area contributed by atoms with Gasteiger partial charge < -0.3 is 5.32 Å². The van der Waals surface area contributed by atoms with Gasteiger partial charge in [-0.05, 0) is 13.3 Å². The van der Waals surface area contributed by atoms with E-state index in [2.05, 4.69) is 30.1 Å². The zero-order valence-corrected chi connectivity index (χ0v) is 10.8. The lowest BCUT2D eigenvalue weighted by Gasteiger charge is -2.38. The molecule has 16 heavy (non-hydrogen) atoms. The lowest BCUT2D eigenvalue weighted by atomic mass is 9.93. The Morgan fingerprint density at radius 3 is 2.50 bits per heavy atom. The molecule has 1 rings (SSSR count). The molecule has 1 aliphatic rings. The van der Waals surface area contributed by atoms with Gasteiger partial charge in [-0.15, -0.1) is 0 Å². The van der Waals surface area contributed by atoms with E-state index in [4.69, 9.17) is 0 Å². The Morgan fingerprint density at radius 2 is 1.94 bits per heavy atom. The maximum absolute atomic E-state index is 9.38. The molecule has 1 heterocycles. The topological polar surface area (TPSA) is 39.1 Å². The average molecular weight is 223 g/mol. The van der Waals surface area contributed by atoms with Crippen molar-refractivity contribution in [2.24, 2.45) is 0 Å². The second-order valence-electron chi connectivity index (χ2n) is 4.93. The smallest absolute Gasteiger partial charge is 0.106 e. The summed E-state index contributed by atoms with van der Waals surface area (Å²) >= 11 is 0. The van der Waals surface area contributed by atoms with E-state index in [-0.39, 0.29) is 5.54 Å². The van der Waals surface area contributed by atoms with Gasteiger partial charge >= 0.3 is 0 Å². The maximum atomic E-state index is 9.38. The minimum Gasteiger partial charge on any atom is -0.314 e. The summed E-state index contributed by atoms with van der Waals surface area (Å²) in [5.74, 6) is 0. The molecule has 1 fully saturated rings. The predicted molar refractivity (Wildman–Crippen MR) is 67.2 cm³/mol. The van der Waals surface area contributed by atoms with Crippen molar-refractivity contribution in [2.45, 2.75) is 51.5 Å². The fourth-order valence-electron chi connectivity index (χ4n) is 2.34. The minimum absolute atomic E-state index is 0.240. The van der Waals surface area contributed by atoms with Gasteiger partial charge in [-0.3, -0.25) is 4.90 Å². The number of nitrogens with one attached hydrogen (secondary N) is 1. The molecular formula is C13H25N3. The van der Waals surface area contributed by atoms with E-state index in [1.54, 1.807) is 0 Å². The molecule has 1 N–H and O–H groups in total. The van der Waals surface area contributed by atoms with Crippen LogP contribution in [0.25, 0.3) is 0 Å². The molecule has 0 aliphatic carbocycles. The van der Waals surface area contributed by atoms with Crippen molar-refractivity contribution in [2.75, 3.05) is 26.2 Å². The number of nitriles is 1. The van der Waals surface area contributed by atoms with Crippen LogP contribution in [-0.4, -0.2) is 36.6 Å². The predicted octanol–water partition coefficient (Wildman–Crippen LogP) is 2.14. The van der Waals surface area contributed by atoms with Crippen molar-refractivity contribution in [3.05, 3.63) is 0 Å². The van der Waals surface area contributed by atoms with Crippen LogP contribution in [0.2, 0.25) is 0 Å². The number of hydrogen-bond donors (Lipinski definition) is 1. The van der Waals surface area contributed by atoms with Gasteiger partial charge in [-0.2, -0.15) is 5.26 Å². The van der Waals surface area contributed by atoms with E-state index in [1.807, 2.05) is 0 Å². The van der Waals surface area contributed by atoms with Crippen LogP contribution < -0.4 is 5.32 Å². The molecule has 1 aliphatic heterocycles. The molecular weight excluding hydrogens is 198 g/mol. The SMILES string of the molecule is CCCCCCC(C)(C#N)N1CCNCC1. The number of hydrogen-bond acceptors (Lipinski definition) is 3. The van der Waals surface area contributed by atoms with Gasteiger partial charge in [0, 0.05) is 26.2 Å². The lowest BCUT2D eigenvalue weighted by molar-refractivity contribution is 0.122. The summed E-state index contributed by atoms with van der Waals surface area (Å²) in [4.78, 5) is 2.34. The van der Waals surface area contributed by atoms with Gasteiger partial charge in [0.15, 0.2) is 0 Å². The minimum atomic E-state index is -0.240. The first-order valence-electron chi connectivity index (χ1n) is 6.60. The highest BCUT2D eigenvalue weighted by molar-refractivity contribution is 5.05. The van der Waals surface area contributed by atoms with Crippen LogP contribution in [0.1, 0.15) is 46.0 Å². The van der Waals surface area contributed by atoms with E-state index in [1.165, 1.54) is 25.7 Å². The average Bonchev–Trinajstić information content (AvgIpc) is 2.35. The van der Waals surface area contributed by atoms with Crippen molar-refractivity contribution in [3.8, 4) is 6.07 Å². The van der Waals surface area contributed by atoms with Crippen molar-refractivity contribution in [1.29, 1.82) is 5.26 Å². The first-order chi connectivity index (χ1) is 7.73. The van der Waals surface area contributed by atoms with E-state index >= 15 is 0 Å². The summed E-state index contributed by atoms with van der Waals surface area (Å²) in [6.45, 7) is 8.39. The van der Waals surface area contributed by atoms with Gasteiger partial charge in [-0.25, -0.2) is 0 Å². The van der Waals surface area contributed by atoms with Crippen LogP contribution in [0.15, 0.2) is 0 Å². The van der Waals surface area contributed by atoms with Crippen molar-refractivity contribution < 1.29 is 0 Å². The molecule has 0 saturated carbocycles. The Bertz CT molecular complexity index is 228. The fraction of sp³-hybridized carbons (Fsp3) is 0.923. The highest BCUT2D eigenvalue weighted by Crippen LogP contribution is 2.22. The summed E-state index contributed by atoms with van der Waals surface area (Å²) < 4.78 is 0. The zero-order valence-electron chi connectivity index (χ0n) is 10.8. The van der Waals surface area contributed by atoms with Crippen molar-refractivity contribution >= 4 is 0 Å². The summed E-state index contributed by atoms with van der Waals surface area (Å²) in [5.41, 5.74) is -0.240. The monoisotopic (exact) mass is 223 g/mol. The zero-order chi connectivity index (χ0) is 11.9. The van der Waals surface area contributed by atoms with Crippen molar-refractivity contribution in [1.82, 2.24) is 10.2 Å². The lowest BCUT2D eigenvalue weighted by Crippen LogP contribution is -2.54. The summed E-state index contributed by atoms with van der Waals surface area (Å²) in [5, 5.41) is 12.7. The van der Waals surface area contributed by atoms with E-state index < -0.39 is 0 Å². The third kappa shape index (κ3) is 3.77. The summed E-state index contributed by atoms with van der Waals surface area (Å²) in [6.07, 6.45) is 6.02. The van der Waals surface area contributed by atoms with E-state index in [0.717, 1.165) is 32.6 Å². The maximum Gasteiger partial charge on any atom is 0.106 e. The van der Waals surface area contributed by atoms with Crippen LogP contribution >= 0.6 is 0 Å². The van der Waals surface area contributed by atoms with Gasteiger partial charge in [-0.1, -0.05) is 32.6 Å². The van der Waals surface area contributed by atoms with Gasteiger partial charge in [0.05, 0.1) is 6.07 Å². The second-order valence-corrected chi connectivity index (χ2v) is 4.93. The molecule has 1 saturated heterocycles. The van der Waals surface area contributed by atoms with E-state index in [0.29, 0.717) is 0 Å². The molecule has 3 heteroatoms. The van der Waals surface area contributed by atoms with Crippen LogP contribution in [0.5, 0.6) is 0 Å². The molecule has 0 aromatic heterocycles. The quantitative estimate of drug-likeness (QED) is 0.701. The first kappa shape index (κ1) is 13.5. The largest absolute Gasteiger partial charge is 0.314 e. The fourth-order valence-corrected chi connectivity index (χ4v) is 2.34. The summed E-state index contributed by atoms with van der Waals surface area (Å²) in [7, 11) is 0. The standard InChI is InChI=1S/C13H25N3/c1-3-4-5-6-7-13(2,12-14)16-10-8-15-9-11-16/h15H,3-11H2,1-2H3. The molecule has 1 atom stereocenters.